The van der Waals surface area contributed by atoms with E-state index in [9.17, 15) is 14.9 Å². The molecule has 4 nitrogen and oxygen atoms in total. The van der Waals surface area contributed by atoms with Crippen molar-refractivity contribution >= 4 is 17.8 Å². The Balaban J connectivity index is 2.09. The van der Waals surface area contributed by atoms with Gasteiger partial charge in [0.2, 0.25) is 5.78 Å². The van der Waals surface area contributed by atoms with Gasteiger partial charge in [0.15, 0.2) is 6.10 Å². The summed E-state index contributed by atoms with van der Waals surface area (Å²) in [6.07, 6.45) is 1.37. The number of ether oxygens (including phenoxy) is 1. The summed E-state index contributed by atoms with van der Waals surface area (Å²) in [6, 6.07) is 16.4. The van der Waals surface area contributed by atoms with Crippen molar-refractivity contribution in [2.75, 3.05) is 0 Å². The topological polar surface area (TPSA) is 67.2 Å². The zero-order valence-corrected chi connectivity index (χ0v) is 15.2. The van der Waals surface area contributed by atoms with E-state index >= 15 is 0 Å². The molecule has 0 aliphatic carbocycles. The predicted octanol–water partition coefficient (Wildman–Crippen LogP) is 4.28. The van der Waals surface area contributed by atoms with E-state index in [1.165, 1.54) is 13.0 Å². The van der Waals surface area contributed by atoms with Crippen LogP contribution in [-0.2, 0) is 16.0 Å². The lowest BCUT2D eigenvalue weighted by Crippen LogP contribution is -2.25. The Morgan fingerprint density at radius 2 is 1.73 bits per heavy atom. The Morgan fingerprint density at radius 3 is 2.27 bits per heavy atom. The Labute approximate surface area is 153 Å². The van der Waals surface area contributed by atoms with E-state index < -0.39 is 12.1 Å². The van der Waals surface area contributed by atoms with Crippen molar-refractivity contribution in [1.82, 2.24) is 0 Å². The van der Waals surface area contributed by atoms with Gasteiger partial charge in [-0.3, -0.25) is 4.79 Å². The van der Waals surface area contributed by atoms with Crippen molar-refractivity contribution in [2.45, 2.75) is 33.3 Å². The van der Waals surface area contributed by atoms with E-state index in [-0.39, 0.29) is 11.4 Å². The van der Waals surface area contributed by atoms with Crippen LogP contribution >= 0.6 is 0 Å². The number of nitriles is 1. The highest BCUT2D eigenvalue weighted by atomic mass is 16.5. The van der Waals surface area contributed by atoms with Crippen LogP contribution in [0.1, 0.15) is 40.9 Å². The molecule has 2 aromatic rings. The highest BCUT2D eigenvalue weighted by Gasteiger charge is 2.21. The van der Waals surface area contributed by atoms with Crippen LogP contribution in [-0.4, -0.2) is 17.9 Å². The first kappa shape index (κ1) is 19.1. The Morgan fingerprint density at radius 1 is 1.12 bits per heavy atom. The standard InChI is InChI=1S/C22H21NO3/c1-4-17-9-11-19(12-10-17)21(24)16(3)26-22(25)20(14-23)13-18-7-5-15(2)6-8-18/h5-13,16H,4H2,1-3H3/b20-13+/t16-/m0/s1. The van der Waals surface area contributed by atoms with Crippen molar-refractivity contribution in [1.29, 1.82) is 5.26 Å². The minimum absolute atomic E-state index is 0.144. The normalized spacial score (nSPS) is 12.2. The van der Waals surface area contributed by atoms with Crippen LogP contribution < -0.4 is 0 Å². The minimum Gasteiger partial charge on any atom is -0.450 e. The molecule has 0 radical (unpaired) electrons. The fourth-order valence-electron chi connectivity index (χ4n) is 2.38. The highest BCUT2D eigenvalue weighted by molar-refractivity contribution is 6.03. The molecule has 1 atom stereocenters. The number of carbonyl (C=O) groups excluding carboxylic acids is 2. The predicted molar refractivity (Wildman–Crippen MR) is 100 cm³/mol. The van der Waals surface area contributed by atoms with Gasteiger partial charge in [-0.25, -0.2) is 4.79 Å². The number of aryl methyl sites for hydroxylation is 2. The van der Waals surface area contributed by atoms with Crippen LogP contribution in [0.4, 0.5) is 0 Å². The van der Waals surface area contributed by atoms with E-state index in [4.69, 9.17) is 4.74 Å². The smallest absolute Gasteiger partial charge is 0.349 e. The number of nitrogens with zero attached hydrogens (tertiary/aromatic N) is 1. The first-order valence-electron chi connectivity index (χ1n) is 8.47. The fourth-order valence-corrected chi connectivity index (χ4v) is 2.38. The first-order valence-corrected chi connectivity index (χ1v) is 8.47. The SMILES string of the molecule is CCc1ccc(C(=O)[C@H](C)OC(=O)/C(C#N)=C/c2ccc(C)cc2)cc1. The maximum atomic E-state index is 12.4. The van der Waals surface area contributed by atoms with Crippen LogP contribution in [0.15, 0.2) is 54.1 Å². The molecule has 0 aliphatic rings. The summed E-state index contributed by atoms with van der Waals surface area (Å²) in [7, 11) is 0. The van der Waals surface area contributed by atoms with Crippen LogP contribution in [0.3, 0.4) is 0 Å². The molecular weight excluding hydrogens is 326 g/mol. The van der Waals surface area contributed by atoms with Gasteiger partial charge in [0.25, 0.3) is 0 Å². The number of Topliss-reactive ketones (excluding diaryl/α,β-unsaturated/α-hetero) is 1. The molecule has 0 bridgehead atoms. The molecule has 0 saturated heterocycles. The second-order valence-electron chi connectivity index (χ2n) is 6.04. The summed E-state index contributed by atoms with van der Waals surface area (Å²) in [5.41, 5.74) is 3.26. The van der Waals surface area contributed by atoms with E-state index in [0.29, 0.717) is 5.56 Å². The summed E-state index contributed by atoms with van der Waals surface area (Å²) >= 11 is 0. The van der Waals surface area contributed by atoms with Gasteiger partial charge >= 0.3 is 5.97 Å². The average Bonchev–Trinajstić information content (AvgIpc) is 2.66. The molecule has 26 heavy (non-hydrogen) atoms. The number of hydrogen-bond acceptors (Lipinski definition) is 4. The molecular formula is C22H21NO3. The summed E-state index contributed by atoms with van der Waals surface area (Å²) in [5.74, 6) is -1.10. The summed E-state index contributed by atoms with van der Waals surface area (Å²) in [6.45, 7) is 5.49. The van der Waals surface area contributed by atoms with Crippen LogP contribution in [0.2, 0.25) is 0 Å². The van der Waals surface area contributed by atoms with Gasteiger partial charge in [-0.15, -0.1) is 0 Å². The lowest BCUT2D eigenvalue weighted by molar-refractivity contribution is -0.141. The largest absolute Gasteiger partial charge is 0.450 e. The molecule has 0 spiro atoms. The number of rotatable bonds is 6. The van der Waals surface area contributed by atoms with Crippen LogP contribution in [0.5, 0.6) is 0 Å². The molecule has 0 aromatic heterocycles. The quantitative estimate of drug-likeness (QED) is 0.338. The van der Waals surface area contributed by atoms with Crippen molar-refractivity contribution < 1.29 is 14.3 Å². The molecule has 0 saturated carbocycles. The second-order valence-corrected chi connectivity index (χ2v) is 6.04. The maximum absolute atomic E-state index is 12.4. The molecule has 4 heteroatoms. The van der Waals surface area contributed by atoms with Gasteiger partial charge in [-0.05, 0) is 37.5 Å². The van der Waals surface area contributed by atoms with Gasteiger partial charge in [-0.2, -0.15) is 5.26 Å². The van der Waals surface area contributed by atoms with Crippen LogP contribution in [0, 0.1) is 18.3 Å². The minimum atomic E-state index is -0.968. The molecule has 0 aliphatic heterocycles. The Hall–Kier alpha value is -3.19. The molecule has 0 heterocycles. The van der Waals surface area contributed by atoms with Gasteiger partial charge in [-0.1, -0.05) is 61.0 Å². The first-order chi connectivity index (χ1) is 12.4. The van der Waals surface area contributed by atoms with Crippen LogP contribution in [0.25, 0.3) is 6.08 Å². The van der Waals surface area contributed by atoms with E-state index in [1.54, 1.807) is 12.1 Å². The number of ketones is 1. The third kappa shape index (κ3) is 4.90. The fraction of sp³-hybridized carbons (Fsp3) is 0.227. The number of hydrogen-bond donors (Lipinski definition) is 0. The summed E-state index contributed by atoms with van der Waals surface area (Å²) < 4.78 is 5.19. The molecule has 0 fully saturated rings. The Bertz CT molecular complexity index is 856. The lowest BCUT2D eigenvalue weighted by atomic mass is 10.0. The number of carbonyl (C=O) groups is 2. The number of esters is 1. The molecule has 0 N–H and O–H groups in total. The zero-order chi connectivity index (χ0) is 19.1. The van der Waals surface area contributed by atoms with E-state index in [2.05, 4.69) is 0 Å². The summed E-state index contributed by atoms with van der Waals surface area (Å²) in [5, 5.41) is 9.23. The van der Waals surface area contributed by atoms with Crippen molar-refractivity contribution in [3.63, 3.8) is 0 Å². The average molecular weight is 347 g/mol. The summed E-state index contributed by atoms with van der Waals surface area (Å²) in [4.78, 5) is 24.6. The van der Waals surface area contributed by atoms with Crippen molar-refractivity contribution in [2.24, 2.45) is 0 Å². The highest BCUT2D eigenvalue weighted by Crippen LogP contribution is 2.13. The monoisotopic (exact) mass is 347 g/mol. The number of benzene rings is 2. The molecule has 2 aromatic carbocycles. The molecule has 0 unspecified atom stereocenters. The van der Waals surface area contributed by atoms with E-state index in [1.807, 2.05) is 56.3 Å². The molecule has 0 amide bonds. The van der Waals surface area contributed by atoms with E-state index in [0.717, 1.165) is 23.1 Å². The van der Waals surface area contributed by atoms with Gasteiger partial charge < -0.3 is 4.74 Å². The van der Waals surface area contributed by atoms with Gasteiger partial charge in [0.1, 0.15) is 11.6 Å². The third-order valence-electron chi connectivity index (χ3n) is 4.03. The van der Waals surface area contributed by atoms with Gasteiger partial charge in [0.05, 0.1) is 0 Å². The zero-order valence-electron chi connectivity index (χ0n) is 15.2. The second kappa shape index (κ2) is 8.77. The Kier molecular flexibility index (Phi) is 6.46. The molecule has 2 rings (SSSR count). The maximum Gasteiger partial charge on any atom is 0.349 e. The lowest BCUT2D eigenvalue weighted by Gasteiger charge is -2.12. The van der Waals surface area contributed by atoms with Crippen molar-refractivity contribution in [3.05, 3.63) is 76.4 Å². The van der Waals surface area contributed by atoms with Crippen molar-refractivity contribution in [3.8, 4) is 6.07 Å². The third-order valence-corrected chi connectivity index (χ3v) is 4.03. The van der Waals surface area contributed by atoms with Gasteiger partial charge in [0, 0.05) is 5.56 Å². The molecule has 132 valence electrons.